The van der Waals surface area contributed by atoms with Crippen LogP contribution in [0.4, 0.5) is 11.4 Å². The molecule has 10 nitrogen and oxygen atoms in total. The standard InChI is InChI=1S/C31H35IN2O8/c1-16(2)21-14-22-28(31(39)33(30(22)38)19-6-5-7-20(13-19)34(40)41)23(15-35)27(21)25(36)9-8-17(3)10-18-11-24(32)29(37)26(12-18)42-4/h5-7,10-13,16,22-23,25,28,35-37H,8-9,14-15H2,1-4H3/b17-10+/t22-,23+,25-,28-/m1/s1. The largest absolute Gasteiger partial charge is 0.504 e. The van der Waals surface area contributed by atoms with Crippen molar-refractivity contribution >= 4 is 51.9 Å². The molecule has 4 atom stereocenters. The lowest BCUT2D eigenvalue weighted by atomic mass is 9.66. The number of phenolic OH excluding ortho intramolecular Hbond substituents is 1. The molecule has 1 heterocycles. The lowest BCUT2D eigenvalue weighted by Crippen LogP contribution is -2.39. The Kier molecular flexibility index (Phi) is 9.74. The summed E-state index contributed by atoms with van der Waals surface area (Å²) in [5, 5.41) is 43.5. The number of aliphatic hydroxyl groups excluding tert-OH is 2. The monoisotopic (exact) mass is 690 g/mol. The van der Waals surface area contributed by atoms with E-state index in [4.69, 9.17) is 4.74 Å². The summed E-state index contributed by atoms with van der Waals surface area (Å²) in [4.78, 5) is 39.0. The van der Waals surface area contributed by atoms with Gasteiger partial charge >= 0.3 is 0 Å². The quantitative estimate of drug-likeness (QED) is 0.101. The average molecular weight is 691 g/mol. The van der Waals surface area contributed by atoms with Crippen molar-refractivity contribution in [1.29, 1.82) is 0 Å². The minimum absolute atomic E-state index is 0.0393. The number of imide groups is 1. The lowest BCUT2D eigenvalue weighted by Gasteiger charge is -2.38. The number of phenols is 1. The van der Waals surface area contributed by atoms with E-state index in [0.717, 1.165) is 21.6 Å². The van der Waals surface area contributed by atoms with E-state index in [9.17, 15) is 35.0 Å². The van der Waals surface area contributed by atoms with Crippen molar-refractivity contribution < 1.29 is 34.6 Å². The molecule has 4 rings (SSSR count). The molecule has 224 valence electrons. The molecule has 1 fully saturated rings. The van der Waals surface area contributed by atoms with Gasteiger partial charge in [0.25, 0.3) is 5.69 Å². The van der Waals surface area contributed by atoms with Crippen molar-refractivity contribution in [1.82, 2.24) is 0 Å². The van der Waals surface area contributed by atoms with Crippen molar-refractivity contribution in [2.24, 2.45) is 23.7 Å². The number of methoxy groups -OCH3 is 1. The molecule has 1 saturated heterocycles. The molecule has 2 aliphatic rings. The Hall–Kier alpha value is -3.29. The Morgan fingerprint density at radius 1 is 1.24 bits per heavy atom. The number of non-ortho nitro benzene ring substituents is 1. The number of ether oxygens (including phenoxy) is 1. The number of aliphatic hydroxyl groups is 2. The first-order valence-electron chi connectivity index (χ1n) is 13.8. The summed E-state index contributed by atoms with van der Waals surface area (Å²) in [6, 6.07) is 8.97. The van der Waals surface area contributed by atoms with Crippen LogP contribution in [0.25, 0.3) is 6.08 Å². The number of anilines is 1. The van der Waals surface area contributed by atoms with Crippen LogP contribution in [0.15, 0.2) is 53.1 Å². The zero-order valence-corrected chi connectivity index (χ0v) is 26.1. The summed E-state index contributed by atoms with van der Waals surface area (Å²) >= 11 is 2.03. The molecule has 1 aliphatic heterocycles. The van der Waals surface area contributed by atoms with Crippen LogP contribution in [-0.4, -0.2) is 51.9 Å². The molecule has 0 unspecified atom stereocenters. The molecule has 0 radical (unpaired) electrons. The molecular weight excluding hydrogens is 655 g/mol. The van der Waals surface area contributed by atoms with Gasteiger partial charge in [0.2, 0.25) is 11.8 Å². The van der Waals surface area contributed by atoms with Crippen LogP contribution >= 0.6 is 22.6 Å². The Morgan fingerprint density at radius 2 is 1.95 bits per heavy atom. The molecule has 0 bridgehead atoms. The molecule has 0 spiro atoms. The van der Waals surface area contributed by atoms with Crippen LogP contribution in [0, 0.1) is 37.4 Å². The molecule has 2 aromatic carbocycles. The number of carbonyl (C=O) groups excluding carboxylic acids is 2. The van der Waals surface area contributed by atoms with Crippen molar-refractivity contribution in [3.05, 3.63) is 72.4 Å². The van der Waals surface area contributed by atoms with Crippen molar-refractivity contribution in [3.63, 3.8) is 0 Å². The van der Waals surface area contributed by atoms with E-state index in [1.54, 1.807) is 6.07 Å². The van der Waals surface area contributed by atoms with Crippen LogP contribution in [0.5, 0.6) is 11.5 Å². The van der Waals surface area contributed by atoms with Crippen LogP contribution in [0.2, 0.25) is 0 Å². The lowest BCUT2D eigenvalue weighted by molar-refractivity contribution is -0.384. The van der Waals surface area contributed by atoms with Gasteiger partial charge in [-0.2, -0.15) is 0 Å². The summed E-state index contributed by atoms with van der Waals surface area (Å²) < 4.78 is 5.90. The van der Waals surface area contributed by atoms with Crippen molar-refractivity contribution in [3.8, 4) is 11.5 Å². The van der Waals surface area contributed by atoms with Crippen LogP contribution < -0.4 is 9.64 Å². The second kappa shape index (κ2) is 12.9. The van der Waals surface area contributed by atoms with E-state index in [2.05, 4.69) is 0 Å². The molecule has 3 N–H and O–H groups in total. The predicted octanol–water partition coefficient (Wildman–Crippen LogP) is 5.23. The zero-order valence-electron chi connectivity index (χ0n) is 23.9. The Balaban J connectivity index is 1.60. The summed E-state index contributed by atoms with van der Waals surface area (Å²) in [7, 11) is 1.49. The predicted molar refractivity (Wildman–Crippen MR) is 166 cm³/mol. The van der Waals surface area contributed by atoms with E-state index >= 15 is 0 Å². The molecule has 2 aromatic rings. The number of benzene rings is 2. The van der Waals surface area contributed by atoms with Gasteiger partial charge in [0.05, 0.1) is 45.8 Å². The van der Waals surface area contributed by atoms with Crippen LogP contribution in [0.3, 0.4) is 0 Å². The highest BCUT2D eigenvalue weighted by Gasteiger charge is 2.55. The summed E-state index contributed by atoms with van der Waals surface area (Å²) in [6.07, 6.45) is 2.13. The fourth-order valence-corrected chi connectivity index (χ4v) is 6.78. The van der Waals surface area contributed by atoms with Crippen molar-refractivity contribution in [2.75, 3.05) is 18.6 Å². The van der Waals surface area contributed by atoms with E-state index in [1.807, 2.05) is 55.5 Å². The van der Waals surface area contributed by atoms with Gasteiger partial charge in [0.15, 0.2) is 11.5 Å². The molecule has 0 aromatic heterocycles. The number of halogens is 1. The van der Waals surface area contributed by atoms with Gasteiger partial charge in [-0.05, 0) is 84.0 Å². The molecule has 2 amide bonds. The van der Waals surface area contributed by atoms with E-state index < -0.39 is 47.2 Å². The van der Waals surface area contributed by atoms with Crippen molar-refractivity contribution in [2.45, 2.75) is 46.1 Å². The third kappa shape index (κ3) is 6.09. The minimum atomic E-state index is -0.951. The highest BCUT2D eigenvalue weighted by Crippen LogP contribution is 2.49. The highest BCUT2D eigenvalue weighted by molar-refractivity contribution is 14.1. The van der Waals surface area contributed by atoms with E-state index in [1.165, 1.54) is 31.4 Å². The Bertz CT molecular complexity index is 1470. The number of hydrogen-bond donors (Lipinski definition) is 3. The number of amides is 2. The molecule has 42 heavy (non-hydrogen) atoms. The fraction of sp³-hybridized carbons (Fsp3) is 0.419. The number of hydrogen-bond acceptors (Lipinski definition) is 8. The smallest absolute Gasteiger partial charge is 0.271 e. The first-order chi connectivity index (χ1) is 19.9. The number of nitro groups is 1. The maximum atomic E-state index is 13.7. The van der Waals surface area contributed by atoms with E-state index in [-0.39, 0.29) is 29.5 Å². The van der Waals surface area contributed by atoms with Gasteiger partial charge in [-0.1, -0.05) is 37.1 Å². The van der Waals surface area contributed by atoms with Gasteiger partial charge in [0.1, 0.15) is 0 Å². The van der Waals surface area contributed by atoms with E-state index in [0.29, 0.717) is 27.7 Å². The molecule has 11 heteroatoms. The summed E-state index contributed by atoms with van der Waals surface area (Å²) in [5.74, 6) is -2.94. The second-order valence-electron chi connectivity index (χ2n) is 11.1. The molecule has 0 saturated carbocycles. The number of nitrogens with zero attached hydrogens (tertiary/aromatic N) is 2. The summed E-state index contributed by atoms with van der Waals surface area (Å²) in [6.45, 7) is 5.43. The number of rotatable bonds is 10. The minimum Gasteiger partial charge on any atom is -0.504 e. The normalized spacial score (nSPS) is 21.7. The van der Waals surface area contributed by atoms with Gasteiger partial charge in [-0.25, -0.2) is 4.90 Å². The second-order valence-corrected chi connectivity index (χ2v) is 12.3. The molecule has 1 aliphatic carbocycles. The topological polar surface area (TPSA) is 150 Å². The van der Waals surface area contributed by atoms with Gasteiger partial charge in [0, 0.05) is 18.1 Å². The number of fused-ring (bicyclic) bond motifs is 1. The first-order valence-corrected chi connectivity index (χ1v) is 14.8. The van der Waals surface area contributed by atoms with Crippen LogP contribution in [0.1, 0.15) is 45.6 Å². The fourth-order valence-electron chi connectivity index (χ4n) is 6.15. The maximum absolute atomic E-state index is 13.7. The first kappa shape index (κ1) is 31.6. The maximum Gasteiger partial charge on any atom is 0.271 e. The Morgan fingerprint density at radius 3 is 2.57 bits per heavy atom. The Labute approximate surface area is 258 Å². The SMILES string of the molecule is COc1cc(/C=C(\C)CC[C@@H](O)C2=C(C(C)C)C[C@H]3C(=O)N(c4cccc([N+](=O)[O-])c4)C(=O)[C@H]3[C@H]2CO)cc(I)c1O. The van der Waals surface area contributed by atoms with Gasteiger partial charge < -0.3 is 20.1 Å². The van der Waals surface area contributed by atoms with Crippen LogP contribution in [-0.2, 0) is 9.59 Å². The van der Waals surface area contributed by atoms with Gasteiger partial charge in [-0.3, -0.25) is 19.7 Å². The third-order valence-corrected chi connectivity index (χ3v) is 8.99. The number of carbonyl (C=O) groups is 2. The average Bonchev–Trinajstić information content (AvgIpc) is 3.21. The zero-order chi connectivity index (χ0) is 30.9. The van der Waals surface area contributed by atoms with Gasteiger partial charge in [-0.15, -0.1) is 0 Å². The third-order valence-electron chi connectivity index (χ3n) is 8.17. The highest BCUT2D eigenvalue weighted by atomic mass is 127. The summed E-state index contributed by atoms with van der Waals surface area (Å²) in [5.41, 5.74) is 3.16. The number of nitro benzene ring substituents is 1. The number of aromatic hydroxyl groups is 1. The molecular formula is C31H35IN2O8. The number of allylic oxidation sites excluding steroid dienone is 2.